The molecule has 1 rings (SSSR count). The smallest absolute Gasteiger partial charge is 0.379 e. The summed E-state index contributed by atoms with van der Waals surface area (Å²) in [4.78, 5) is 22.8. The first-order chi connectivity index (χ1) is 7.47. The average molecular weight is 222 g/mol. The van der Waals surface area contributed by atoms with Crippen molar-refractivity contribution in [2.45, 2.75) is 20.8 Å². The summed E-state index contributed by atoms with van der Waals surface area (Å²) in [7, 11) is 0. The van der Waals surface area contributed by atoms with Crippen molar-refractivity contribution < 1.29 is 19.4 Å². The molecule has 4 heteroatoms. The molecule has 1 aromatic rings. The van der Waals surface area contributed by atoms with E-state index in [2.05, 4.69) is 4.74 Å². The molecule has 0 bridgehead atoms. The lowest BCUT2D eigenvalue weighted by molar-refractivity contribution is -0.137. The van der Waals surface area contributed by atoms with E-state index in [-0.39, 0.29) is 17.9 Å². The first-order valence-electron chi connectivity index (χ1n) is 4.99. The minimum Gasteiger partial charge on any atom is -0.507 e. The molecule has 0 aliphatic heterocycles. The maximum atomic E-state index is 11.6. The normalized spacial score (nSPS) is 9.94. The van der Waals surface area contributed by atoms with E-state index in [1.54, 1.807) is 20.8 Å². The van der Waals surface area contributed by atoms with E-state index < -0.39 is 11.8 Å². The zero-order valence-electron chi connectivity index (χ0n) is 9.53. The van der Waals surface area contributed by atoms with Gasteiger partial charge in [-0.15, -0.1) is 0 Å². The van der Waals surface area contributed by atoms with Crippen LogP contribution < -0.4 is 0 Å². The highest BCUT2D eigenvalue weighted by atomic mass is 16.5. The molecule has 1 N–H and O–H groups in total. The van der Waals surface area contributed by atoms with Gasteiger partial charge in [-0.2, -0.15) is 0 Å². The van der Waals surface area contributed by atoms with E-state index in [0.29, 0.717) is 11.1 Å². The van der Waals surface area contributed by atoms with E-state index in [1.807, 2.05) is 0 Å². The first-order valence-corrected chi connectivity index (χ1v) is 4.99. The standard InChI is InChI=1S/C12H14O4/c1-4-16-12(15)11(14)9-5-7(2)10(13)8(3)6-9/h5-6,13H,4H2,1-3H3. The van der Waals surface area contributed by atoms with E-state index in [0.717, 1.165) is 0 Å². The van der Waals surface area contributed by atoms with Gasteiger partial charge in [-0.25, -0.2) is 4.79 Å². The number of Topliss-reactive ketones (excluding diaryl/α,β-unsaturated/α-hetero) is 1. The number of ketones is 1. The summed E-state index contributed by atoms with van der Waals surface area (Å²) in [5.41, 5.74) is 1.37. The Morgan fingerprint density at radius 1 is 1.25 bits per heavy atom. The zero-order valence-corrected chi connectivity index (χ0v) is 9.53. The highest BCUT2D eigenvalue weighted by Crippen LogP contribution is 2.23. The van der Waals surface area contributed by atoms with Gasteiger partial charge in [0.2, 0.25) is 0 Å². The highest BCUT2D eigenvalue weighted by molar-refractivity contribution is 6.40. The molecule has 0 heterocycles. The topological polar surface area (TPSA) is 63.6 Å². The van der Waals surface area contributed by atoms with Crippen LogP contribution in [0.4, 0.5) is 0 Å². The zero-order chi connectivity index (χ0) is 12.3. The molecule has 0 spiro atoms. The molecule has 86 valence electrons. The number of phenols is 1. The van der Waals surface area contributed by atoms with E-state index in [4.69, 9.17) is 0 Å². The van der Waals surface area contributed by atoms with Gasteiger partial charge in [0.05, 0.1) is 6.61 Å². The van der Waals surface area contributed by atoms with Gasteiger partial charge in [-0.05, 0) is 44.0 Å². The minimum absolute atomic E-state index is 0.139. The number of phenolic OH excluding ortho intramolecular Hbond substituents is 1. The van der Waals surface area contributed by atoms with E-state index in [1.165, 1.54) is 12.1 Å². The van der Waals surface area contributed by atoms with Crippen LogP contribution in [0.3, 0.4) is 0 Å². The number of ether oxygens (including phenoxy) is 1. The van der Waals surface area contributed by atoms with Crippen LogP contribution in [-0.4, -0.2) is 23.5 Å². The lowest BCUT2D eigenvalue weighted by Crippen LogP contribution is -2.17. The molecule has 0 aliphatic carbocycles. The molecule has 0 unspecified atom stereocenters. The van der Waals surface area contributed by atoms with Gasteiger partial charge in [0, 0.05) is 5.56 Å². The Bertz CT molecular complexity index is 412. The van der Waals surface area contributed by atoms with Crippen molar-refractivity contribution >= 4 is 11.8 Å². The Morgan fingerprint density at radius 3 is 2.19 bits per heavy atom. The van der Waals surface area contributed by atoms with Gasteiger partial charge >= 0.3 is 5.97 Å². The second-order valence-corrected chi connectivity index (χ2v) is 3.51. The van der Waals surface area contributed by atoms with Crippen LogP contribution in [0.5, 0.6) is 5.75 Å². The molecule has 0 atom stereocenters. The third-order valence-electron chi connectivity index (χ3n) is 2.21. The summed E-state index contributed by atoms with van der Waals surface area (Å²) in [5, 5.41) is 9.53. The number of aromatic hydroxyl groups is 1. The van der Waals surface area contributed by atoms with Crippen molar-refractivity contribution in [3.8, 4) is 5.75 Å². The predicted octanol–water partition coefficient (Wildman–Crippen LogP) is 1.75. The number of aryl methyl sites for hydroxylation is 2. The molecule has 0 aliphatic rings. The molecule has 0 aromatic heterocycles. The summed E-state index contributed by atoms with van der Waals surface area (Å²) in [6, 6.07) is 2.95. The van der Waals surface area contributed by atoms with Crippen LogP contribution in [0.15, 0.2) is 12.1 Å². The van der Waals surface area contributed by atoms with Gasteiger partial charge in [-0.3, -0.25) is 4.79 Å². The molecular formula is C12H14O4. The van der Waals surface area contributed by atoms with Crippen LogP contribution in [0.2, 0.25) is 0 Å². The van der Waals surface area contributed by atoms with Crippen LogP contribution in [-0.2, 0) is 9.53 Å². The van der Waals surface area contributed by atoms with Gasteiger partial charge in [-0.1, -0.05) is 0 Å². The van der Waals surface area contributed by atoms with Gasteiger partial charge in [0.15, 0.2) is 0 Å². The van der Waals surface area contributed by atoms with Crippen molar-refractivity contribution in [3.63, 3.8) is 0 Å². The molecule has 16 heavy (non-hydrogen) atoms. The average Bonchev–Trinajstić information content (AvgIpc) is 2.24. The predicted molar refractivity (Wildman–Crippen MR) is 58.5 cm³/mol. The molecule has 0 amide bonds. The van der Waals surface area contributed by atoms with E-state index in [9.17, 15) is 14.7 Å². The van der Waals surface area contributed by atoms with Crippen molar-refractivity contribution in [2.75, 3.05) is 6.61 Å². The Hall–Kier alpha value is -1.84. The maximum absolute atomic E-state index is 11.6. The monoisotopic (exact) mass is 222 g/mol. The molecular weight excluding hydrogens is 208 g/mol. The first kappa shape index (κ1) is 12.2. The van der Waals surface area contributed by atoms with E-state index >= 15 is 0 Å². The quantitative estimate of drug-likeness (QED) is 0.481. The van der Waals surface area contributed by atoms with Crippen molar-refractivity contribution in [1.82, 2.24) is 0 Å². The second-order valence-electron chi connectivity index (χ2n) is 3.51. The summed E-state index contributed by atoms with van der Waals surface area (Å²) in [5.74, 6) is -1.42. The molecule has 0 radical (unpaired) electrons. The van der Waals surface area contributed by atoms with Crippen molar-refractivity contribution in [3.05, 3.63) is 28.8 Å². The van der Waals surface area contributed by atoms with Crippen LogP contribution in [0.25, 0.3) is 0 Å². The lowest BCUT2D eigenvalue weighted by Gasteiger charge is -2.06. The SMILES string of the molecule is CCOC(=O)C(=O)c1cc(C)c(O)c(C)c1. The molecule has 0 fully saturated rings. The minimum atomic E-state index is -0.869. The third-order valence-corrected chi connectivity index (χ3v) is 2.21. The highest BCUT2D eigenvalue weighted by Gasteiger charge is 2.18. The Kier molecular flexibility index (Phi) is 3.66. The van der Waals surface area contributed by atoms with Gasteiger partial charge < -0.3 is 9.84 Å². The van der Waals surface area contributed by atoms with Crippen LogP contribution in [0, 0.1) is 13.8 Å². The Labute approximate surface area is 93.9 Å². The molecule has 4 nitrogen and oxygen atoms in total. The summed E-state index contributed by atoms with van der Waals surface area (Å²) in [6.07, 6.45) is 0. The number of carbonyl (C=O) groups is 2. The van der Waals surface area contributed by atoms with Gasteiger partial charge in [0.1, 0.15) is 5.75 Å². The van der Waals surface area contributed by atoms with Crippen molar-refractivity contribution in [2.24, 2.45) is 0 Å². The molecule has 0 saturated carbocycles. The van der Waals surface area contributed by atoms with Crippen LogP contribution in [0.1, 0.15) is 28.4 Å². The lowest BCUT2D eigenvalue weighted by atomic mass is 10.0. The third kappa shape index (κ3) is 2.39. The second kappa shape index (κ2) is 4.79. The molecule has 0 saturated heterocycles. The Balaban J connectivity index is 3.06. The van der Waals surface area contributed by atoms with Crippen LogP contribution >= 0.6 is 0 Å². The molecule has 1 aromatic carbocycles. The van der Waals surface area contributed by atoms with Gasteiger partial charge in [0.25, 0.3) is 5.78 Å². The summed E-state index contributed by atoms with van der Waals surface area (Å²) >= 11 is 0. The number of hydrogen-bond donors (Lipinski definition) is 1. The summed E-state index contributed by atoms with van der Waals surface area (Å²) < 4.78 is 4.62. The Morgan fingerprint density at radius 2 is 1.75 bits per heavy atom. The number of hydrogen-bond acceptors (Lipinski definition) is 4. The maximum Gasteiger partial charge on any atom is 0.379 e. The number of benzene rings is 1. The largest absolute Gasteiger partial charge is 0.507 e. The van der Waals surface area contributed by atoms with Crippen molar-refractivity contribution in [1.29, 1.82) is 0 Å². The fraction of sp³-hybridized carbons (Fsp3) is 0.333. The number of esters is 1. The fourth-order valence-electron chi connectivity index (χ4n) is 1.40. The number of carbonyl (C=O) groups excluding carboxylic acids is 2. The fourth-order valence-corrected chi connectivity index (χ4v) is 1.40. The number of rotatable bonds is 3. The summed E-state index contributed by atoms with van der Waals surface area (Å²) in [6.45, 7) is 5.15.